The van der Waals surface area contributed by atoms with Crippen LogP contribution in [0.2, 0.25) is 0 Å². The number of unbranched alkanes of at least 4 members (excludes halogenated alkanes) is 4. The maximum absolute atomic E-state index is 5.13. The second-order valence-electron chi connectivity index (χ2n) is 4.60. The van der Waals surface area contributed by atoms with Crippen LogP contribution in [0.4, 0.5) is 0 Å². The summed E-state index contributed by atoms with van der Waals surface area (Å²) in [5.74, 6) is 0.874. The normalized spacial score (nSPS) is 12.9. The Bertz CT molecular complexity index is 126. The summed E-state index contributed by atoms with van der Waals surface area (Å²) >= 11 is 0. The van der Waals surface area contributed by atoms with Gasteiger partial charge in [-0.15, -0.1) is 0 Å². The molecule has 1 atom stereocenters. The molecule has 0 spiro atoms. The molecule has 16 heavy (non-hydrogen) atoms. The van der Waals surface area contributed by atoms with E-state index in [0.717, 1.165) is 19.1 Å². The molecule has 0 saturated heterocycles. The number of rotatable bonds is 12. The first-order valence-electron chi connectivity index (χ1n) is 6.83. The molecule has 2 nitrogen and oxygen atoms in total. The van der Waals surface area contributed by atoms with Crippen molar-refractivity contribution in [1.29, 1.82) is 0 Å². The fraction of sp³-hybridized carbons (Fsp3) is 1.00. The highest BCUT2D eigenvalue weighted by atomic mass is 16.5. The zero-order chi connectivity index (χ0) is 12.1. The summed E-state index contributed by atoms with van der Waals surface area (Å²) in [7, 11) is 3.57. The molecule has 2 heteroatoms. The lowest BCUT2D eigenvalue weighted by molar-refractivity contribution is 0.172. The van der Waals surface area contributed by atoms with Gasteiger partial charge in [0.1, 0.15) is 0 Å². The van der Waals surface area contributed by atoms with Crippen LogP contribution < -0.4 is 0 Å². The molecule has 0 aliphatic rings. The molecule has 0 heterocycles. The van der Waals surface area contributed by atoms with Crippen LogP contribution in [0.3, 0.4) is 0 Å². The molecule has 0 aromatic carbocycles. The summed E-state index contributed by atoms with van der Waals surface area (Å²) in [5.41, 5.74) is 0. The summed E-state index contributed by atoms with van der Waals surface area (Å²) in [6.07, 6.45) is 10.6. The highest BCUT2D eigenvalue weighted by Crippen LogP contribution is 2.17. The molecule has 0 rings (SSSR count). The van der Waals surface area contributed by atoms with Gasteiger partial charge in [0.25, 0.3) is 0 Å². The average Bonchev–Trinajstić information content (AvgIpc) is 2.32. The van der Waals surface area contributed by atoms with Crippen molar-refractivity contribution in [3.05, 3.63) is 0 Å². The predicted octanol–water partition coefficient (Wildman–Crippen LogP) is 4.04. The van der Waals surface area contributed by atoms with Crippen LogP contribution in [-0.2, 0) is 9.47 Å². The number of hydrogen-bond donors (Lipinski definition) is 0. The summed E-state index contributed by atoms with van der Waals surface area (Å²) in [6.45, 7) is 4.14. The van der Waals surface area contributed by atoms with Crippen molar-refractivity contribution in [3.63, 3.8) is 0 Å². The van der Waals surface area contributed by atoms with Gasteiger partial charge in [0, 0.05) is 27.4 Å². The Labute approximate surface area is 102 Å². The molecule has 0 aliphatic carbocycles. The van der Waals surface area contributed by atoms with E-state index in [1.54, 1.807) is 14.2 Å². The Balaban J connectivity index is 3.20. The van der Waals surface area contributed by atoms with E-state index in [1.807, 2.05) is 0 Å². The molecule has 0 fully saturated rings. The average molecular weight is 230 g/mol. The van der Waals surface area contributed by atoms with E-state index >= 15 is 0 Å². The smallest absolute Gasteiger partial charge is 0.0464 e. The predicted molar refractivity (Wildman–Crippen MR) is 69.9 cm³/mol. The summed E-state index contributed by atoms with van der Waals surface area (Å²) < 4.78 is 10.2. The fourth-order valence-corrected chi connectivity index (χ4v) is 2.05. The number of methoxy groups -OCH3 is 2. The lowest BCUT2D eigenvalue weighted by atomic mass is 9.95. The van der Waals surface area contributed by atoms with Crippen LogP contribution >= 0.6 is 0 Å². The summed E-state index contributed by atoms with van der Waals surface area (Å²) in [5, 5.41) is 0. The molecule has 0 N–H and O–H groups in total. The SMILES string of the molecule is CCC(CCCCCCCOC)CCOC. The largest absolute Gasteiger partial charge is 0.385 e. The second kappa shape index (κ2) is 13.0. The minimum Gasteiger partial charge on any atom is -0.385 e. The Hall–Kier alpha value is -0.0800. The number of hydrogen-bond acceptors (Lipinski definition) is 2. The van der Waals surface area contributed by atoms with E-state index in [4.69, 9.17) is 9.47 Å². The van der Waals surface area contributed by atoms with Crippen molar-refractivity contribution in [2.24, 2.45) is 5.92 Å². The van der Waals surface area contributed by atoms with Crippen LogP contribution in [0.15, 0.2) is 0 Å². The first-order valence-corrected chi connectivity index (χ1v) is 6.83. The summed E-state index contributed by atoms with van der Waals surface area (Å²) in [4.78, 5) is 0. The van der Waals surface area contributed by atoms with Crippen LogP contribution in [0.5, 0.6) is 0 Å². The second-order valence-corrected chi connectivity index (χ2v) is 4.60. The Kier molecular flexibility index (Phi) is 12.9. The maximum Gasteiger partial charge on any atom is 0.0464 e. The molecule has 1 unspecified atom stereocenters. The lowest BCUT2D eigenvalue weighted by Crippen LogP contribution is -2.03. The van der Waals surface area contributed by atoms with Gasteiger partial charge in [-0.25, -0.2) is 0 Å². The van der Waals surface area contributed by atoms with Gasteiger partial charge in [-0.1, -0.05) is 45.4 Å². The topological polar surface area (TPSA) is 18.5 Å². The first-order chi connectivity index (χ1) is 7.85. The minimum absolute atomic E-state index is 0.874. The molecule has 0 aromatic rings. The third kappa shape index (κ3) is 10.4. The molecule has 0 aromatic heterocycles. The lowest BCUT2D eigenvalue weighted by Gasteiger charge is -2.13. The Morgan fingerprint density at radius 2 is 1.38 bits per heavy atom. The van der Waals surface area contributed by atoms with Crippen molar-refractivity contribution in [1.82, 2.24) is 0 Å². The fourth-order valence-electron chi connectivity index (χ4n) is 2.05. The third-order valence-corrected chi connectivity index (χ3v) is 3.27. The van der Waals surface area contributed by atoms with Crippen molar-refractivity contribution in [3.8, 4) is 0 Å². The molecular weight excluding hydrogens is 200 g/mol. The van der Waals surface area contributed by atoms with E-state index in [2.05, 4.69) is 6.92 Å². The van der Waals surface area contributed by atoms with E-state index in [1.165, 1.54) is 51.4 Å². The molecule has 98 valence electrons. The van der Waals surface area contributed by atoms with Gasteiger partial charge in [0.15, 0.2) is 0 Å². The van der Waals surface area contributed by atoms with E-state index in [0.29, 0.717) is 0 Å². The first kappa shape index (κ1) is 15.9. The zero-order valence-corrected chi connectivity index (χ0v) is 11.5. The van der Waals surface area contributed by atoms with Gasteiger partial charge in [-0.3, -0.25) is 0 Å². The summed E-state index contributed by atoms with van der Waals surface area (Å²) in [6, 6.07) is 0. The highest BCUT2D eigenvalue weighted by Gasteiger charge is 2.05. The van der Waals surface area contributed by atoms with Gasteiger partial charge in [-0.2, -0.15) is 0 Å². The molecule has 0 radical (unpaired) electrons. The highest BCUT2D eigenvalue weighted by molar-refractivity contribution is 4.57. The van der Waals surface area contributed by atoms with Gasteiger partial charge in [0.05, 0.1) is 0 Å². The van der Waals surface area contributed by atoms with Gasteiger partial charge >= 0.3 is 0 Å². The van der Waals surface area contributed by atoms with Crippen molar-refractivity contribution in [2.75, 3.05) is 27.4 Å². The Morgan fingerprint density at radius 3 is 2.00 bits per heavy atom. The van der Waals surface area contributed by atoms with Gasteiger partial charge < -0.3 is 9.47 Å². The molecule has 0 amide bonds. The molecule has 0 aliphatic heterocycles. The standard InChI is InChI=1S/C14H30O2/c1-4-14(11-13-16-3)10-8-6-5-7-9-12-15-2/h14H,4-13H2,1-3H3. The maximum atomic E-state index is 5.13. The molecular formula is C14H30O2. The van der Waals surface area contributed by atoms with E-state index in [9.17, 15) is 0 Å². The third-order valence-electron chi connectivity index (χ3n) is 3.27. The van der Waals surface area contributed by atoms with Crippen molar-refractivity contribution in [2.45, 2.75) is 58.3 Å². The van der Waals surface area contributed by atoms with E-state index in [-0.39, 0.29) is 0 Å². The van der Waals surface area contributed by atoms with Crippen molar-refractivity contribution < 1.29 is 9.47 Å². The minimum atomic E-state index is 0.874. The number of ether oxygens (including phenoxy) is 2. The van der Waals surface area contributed by atoms with Gasteiger partial charge in [-0.05, 0) is 18.8 Å². The van der Waals surface area contributed by atoms with Crippen LogP contribution in [0, 0.1) is 5.92 Å². The van der Waals surface area contributed by atoms with Crippen molar-refractivity contribution >= 4 is 0 Å². The van der Waals surface area contributed by atoms with Gasteiger partial charge in [0.2, 0.25) is 0 Å². The molecule has 0 bridgehead atoms. The quantitative estimate of drug-likeness (QED) is 0.471. The Morgan fingerprint density at radius 1 is 0.750 bits per heavy atom. The van der Waals surface area contributed by atoms with Crippen LogP contribution in [0.1, 0.15) is 58.3 Å². The zero-order valence-electron chi connectivity index (χ0n) is 11.5. The van der Waals surface area contributed by atoms with Crippen LogP contribution in [0.25, 0.3) is 0 Å². The monoisotopic (exact) mass is 230 g/mol. The van der Waals surface area contributed by atoms with Crippen LogP contribution in [-0.4, -0.2) is 27.4 Å². The molecule has 0 saturated carbocycles. The van der Waals surface area contributed by atoms with E-state index < -0.39 is 0 Å².